The summed E-state index contributed by atoms with van der Waals surface area (Å²) in [4.78, 5) is 0. The Morgan fingerprint density at radius 2 is 0.549 bits per heavy atom. The number of fused-ring (bicyclic) bond motifs is 10. The van der Waals surface area contributed by atoms with E-state index in [0.717, 1.165) is 4.47 Å². The predicted octanol–water partition coefficient (Wildman–Crippen LogP) is 18.5. The van der Waals surface area contributed by atoms with Gasteiger partial charge in [0.05, 0.1) is 10.8 Å². The molecule has 14 rings (SSSR count). The van der Waals surface area contributed by atoms with E-state index in [1.165, 1.54) is 111 Å². The van der Waals surface area contributed by atoms with Gasteiger partial charge in [-0.05, 0) is 135 Å². The van der Waals surface area contributed by atoms with Crippen LogP contribution in [0.1, 0.15) is 44.5 Å². The second kappa shape index (κ2) is 17.6. The normalized spacial score (nSPS) is 13.4. The average Bonchev–Trinajstić information content (AvgIpc) is 3.93. The summed E-state index contributed by atoms with van der Waals surface area (Å²) in [5.41, 5.74) is 20.1. The van der Waals surface area contributed by atoms with Crippen LogP contribution in [-0.2, 0) is 10.8 Å². The third-order valence-corrected chi connectivity index (χ3v) is 15.6. The van der Waals surface area contributed by atoms with Crippen LogP contribution in [-0.4, -0.2) is 0 Å². The number of hydrogen-bond donors (Lipinski definition) is 0. The van der Waals surface area contributed by atoms with Crippen LogP contribution in [0.3, 0.4) is 0 Å². The molecule has 71 heavy (non-hydrogen) atoms. The van der Waals surface area contributed by atoms with Crippen molar-refractivity contribution in [1.29, 1.82) is 0 Å². The highest BCUT2D eigenvalue weighted by atomic mass is 79.9. The Labute approximate surface area is 424 Å². The molecule has 0 radical (unpaired) electrons. The molecule has 0 spiro atoms. The number of halogens is 1. The zero-order valence-electron chi connectivity index (χ0n) is 39.0. The monoisotopic (exact) mass is 966 g/mol. The molecule has 2 aliphatic carbocycles. The Bertz CT molecular complexity index is 3820. The van der Waals surface area contributed by atoms with Gasteiger partial charge in [0.1, 0.15) is 0 Å². The van der Waals surface area contributed by atoms with Crippen LogP contribution in [0.5, 0.6) is 0 Å². The summed E-state index contributed by atoms with van der Waals surface area (Å²) in [6.45, 7) is 0. The molecule has 334 valence electrons. The maximum Gasteiger partial charge on any atom is 0.0714 e. The van der Waals surface area contributed by atoms with Crippen molar-refractivity contribution in [3.05, 3.63) is 334 Å². The third kappa shape index (κ3) is 6.65. The van der Waals surface area contributed by atoms with Crippen LogP contribution in [0, 0.1) is 0 Å². The maximum absolute atomic E-state index is 3.81. The zero-order valence-corrected chi connectivity index (χ0v) is 40.6. The van der Waals surface area contributed by atoms with Gasteiger partial charge in [0.2, 0.25) is 0 Å². The number of hydrogen-bond acceptors (Lipinski definition) is 0. The van der Waals surface area contributed by atoms with Crippen molar-refractivity contribution in [1.82, 2.24) is 0 Å². The molecule has 0 saturated heterocycles. The van der Waals surface area contributed by atoms with E-state index in [4.69, 9.17) is 0 Å². The molecule has 0 heterocycles. The van der Waals surface area contributed by atoms with E-state index in [2.05, 4.69) is 301 Å². The smallest absolute Gasteiger partial charge is 0.0622 e. The van der Waals surface area contributed by atoms with Crippen molar-refractivity contribution in [2.75, 3.05) is 0 Å². The highest BCUT2D eigenvalue weighted by molar-refractivity contribution is 9.10. The first-order valence-electron chi connectivity index (χ1n) is 24.5. The van der Waals surface area contributed by atoms with Crippen LogP contribution in [0.25, 0.3) is 66.1 Å². The minimum atomic E-state index is -0.426. The number of rotatable bonds is 6. The van der Waals surface area contributed by atoms with Gasteiger partial charge in [-0.15, -0.1) is 0 Å². The third-order valence-electron chi connectivity index (χ3n) is 15.1. The molecule has 0 fully saturated rings. The molecule has 0 amide bonds. The van der Waals surface area contributed by atoms with Gasteiger partial charge in [0.15, 0.2) is 0 Å². The van der Waals surface area contributed by atoms with Crippen LogP contribution >= 0.6 is 15.9 Å². The molecule has 0 saturated carbocycles. The molecule has 0 aliphatic heterocycles. The summed E-state index contributed by atoms with van der Waals surface area (Å²) in [5, 5.41) is 5.19. The van der Waals surface area contributed by atoms with Gasteiger partial charge in [0, 0.05) is 4.47 Å². The molecule has 12 aromatic carbocycles. The molecule has 0 atom stereocenters. The topological polar surface area (TPSA) is 0 Å². The Morgan fingerprint density at radius 1 is 0.225 bits per heavy atom. The van der Waals surface area contributed by atoms with Crippen molar-refractivity contribution in [3.63, 3.8) is 0 Å². The van der Waals surface area contributed by atoms with Crippen LogP contribution in [0.4, 0.5) is 0 Å². The van der Waals surface area contributed by atoms with Crippen molar-refractivity contribution in [3.8, 4) is 44.5 Å². The first kappa shape index (κ1) is 42.7. The quantitative estimate of drug-likeness (QED) is 0.156. The van der Waals surface area contributed by atoms with Gasteiger partial charge in [0.25, 0.3) is 0 Å². The van der Waals surface area contributed by atoms with Crippen molar-refractivity contribution < 1.29 is 0 Å². The minimum absolute atomic E-state index is 0.387. The van der Waals surface area contributed by atoms with Gasteiger partial charge < -0.3 is 0 Å². The molecule has 1 heteroatoms. The van der Waals surface area contributed by atoms with Gasteiger partial charge in [-0.1, -0.05) is 277 Å². The second-order valence-corrected chi connectivity index (χ2v) is 19.6. The van der Waals surface area contributed by atoms with Gasteiger partial charge in [-0.3, -0.25) is 0 Å². The summed E-state index contributed by atoms with van der Waals surface area (Å²) in [7, 11) is 0. The molecular weight excluding hydrogens is 921 g/mol. The summed E-state index contributed by atoms with van der Waals surface area (Å²) in [6.07, 6.45) is 0. The lowest BCUT2D eigenvalue weighted by Gasteiger charge is -2.34. The van der Waals surface area contributed by atoms with Crippen LogP contribution in [0.2, 0.25) is 0 Å². The Morgan fingerprint density at radius 3 is 0.972 bits per heavy atom. The molecule has 2 aliphatic rings. The van der Waals surface area contributed by atoms with E-state index >= 15 is 0 Å². The standard InChI is InChI=1S/C35H23Br.C35H24/c36-27-20-21-30-32(22-27)35(25-14-6-2-7-15-25,26-16-8-3-9-17-26)33-23-31(24-12-4-1-5-13-24)28-18-10-11-19-29(28)34(30)33;1-4-14-25(15-5-1)31-24-33-34(29-21-11-10-20-28(29)31)30-22-12-13-23-32(30)35(33,26-16-6-2-7-17-26)27-18-8-3-9-19-27/h1-23H;1-24H. The SMILES string of the molecule is Brc1ccc2c(c1)C(c1ccccc1)(c1ccccc1)c1cc(-c3ccccc3)c3ccccc3c1-2.c1ccc(-c2cc3c(c4ccccc24)-c2ccccc2C3(c2ccccc2)c2ccccc2)cc1. The lowest BCUT2D eigenvalue weighted by atomic mass is 9.67. The highest BCUT2D eigenvalue weighted by Crippen LogP contribution is 2.61. The summed E-state index contributed by atoms with van der Waals surface area (Å²) >= 11 is 3.81. The first-order valence-corrected chi connectivity index (χ1v) is 25.3. The Balaban J connectivity index is 0.000000139. The fraction of sp³-hybridized carbons (Fsp3) is 0.0286. The molecule has 0 nitrogen and oxygen atoms in total. The van der Waals surface area contributed by atoms with E-state index in [-0.39, 0.29) is 5.41 Å². The highest BCUT2D eigenvalue weighted by Gasteiger charge is 2.48. The number of benzene rings is 12. The predicted molar refractivity (Wildman–Crippen MR) is 301 cm³/mol. The van der Waals surface area contributed by atoms with E-state index in [1.54, 1.807) is 0 Å². The Kier molecular flexibility index (Phi) is 10.6. The average molecular weight is 968 g/mol. The fourth-order valence-corrected chi connectivity index (χ4v) is 12.7. The molecule has 12 aromatic rings. The molecule has 0 N–H and O–H groups in total. The van der Waals surface area contributed by atoms with Crippen LogP contribution < -0.4 is 0 Å². The summed E-state index contributed by atoms with van der Waals surface area (Å²) < 4.78 is 1.10. The minimum Gasteiger partial charge on any atom is -0.0622 e. The van der Waals surface area contributed by atoms with Gasteiger partial charge in [-0.2, -0.15) is 0 Å². The second-order valence-electron chi connectivity index (χ2n) is 18.7. The lowest BCUT2D eigenvalue weighted by molar-refractivity contribution is 0.769. The molecular formula is C70H47Br. The summed E-state index contributed by atoms with van der Waals surface area (Å²) in [5.74, 6) is 0. The van der Waals surface area contributed by atoms with Gasteiger partial charge in [-0.25, -0.2) is 0 Å². The summed E-state index contributed by atoms with van der Waals surface area (Å²) in [6, 6.07) is 104. The molecule has 0 aromatic heterocycles. The Hall–Kier alpha value is -8.36. The lowest BCUT2D eigenvalue weighted by Crippen LogP contribution is -2.28. The van der Waals surface area contributed by atoms with E-state index in [9.17, 15) is 0 Å². The van der Waals surface area contributed by atoms with Crippen LogP contribution in [0.15, 0.2) is 290 Å². The van der Waals surface area contributed by atoms with E-state index in [1.807, 2.05) is 0 Å². The fourth-order valence-electron chi connectivity index (χ4n) is 12.3. The largest absolute Gasteiger partial charge is 0.0714 e. The zero-order chi connectivity index (χ0) is 47.4. The van der Waals surface area contributed by atoms with Crippen molar-refractivity contribution in [2.24, 2.45) is 0 Å². The van der Waals surface area contributed by atoms with E-state index < -0.39 is 5.41 Å². The van der Waals surface area contributed by atoms with E-state index in [0.29, 0.717) is 0 Å². The molecule has 0 bridgehead atoms. The van der Waals surface area contributed by atoms with Crippen molar-refractivity contribution in [2.45, 2.75) is 10.8 Å². The molecule has 0 unspecified atom stereocenters. The maximum atomic E-state index is 3.81. The van der Waals surface area contributed by atoms with Gasteiger partial charge >= 0.3 is 0 Å². The first-order chi connectivity index (χ1) is 35.2. The van der Waals surface area contributed by atoms with Crippen molar-refractivity contribution >= 4 is 37.5 Å².